The Balaban J connectivity index is 1.85. The second-order valence-electron chi connectivity index (χ2n) is 5.95. The number of ether oxygens (including phenoxy) is 3. The first-order valence-corrected chi connectivity index (χ1v) is 8.07. The number of anilines is 1. The van der Waals surface area contributed by atoms with Gasteiger partial charge < -0.3 is 19.5 Å². The van der Waals surface area contributed by atoms with Gasteiger partial charge in [-0.1, -0.05) is 6.07 Å². The lowest BCUT2D eigenvalue weighted by Crippen LogP contribution is -2.23. The average Bonchev–Trinajstić information content (AvgIpc) is 3.13. The summed E-state index contributed by atoms with van der Waals surface area (Å²) in [6.07, 6.45) is 0.656. The topological polar surface area (TPSA) is 56.8 Å². The summed E-state index contributed by atoms with van der Waals surface area (Å²) in [7, 11) is 1.55. The Bertz CT molecular complexity index is 772. The zero-order chi connectivity index (χ0) is 17.8. The van der Waals surface area contributed by atoms with E-state index in [9.17, 15) is 9.18 Å². The van der Waals surface area contributed by atoms with Crippen LogP contribution in [0.2, 0.25) is 0 Å². The SMILES string of the molecule is COc1cc(C)ccc1Oc1ccc(F)cc1NC(=O)C1CCOC1. The summed E-state index contributed by atoms with van der Waals surface area (Å²) >= 11 is 0. The molecule has 1 aliphatic heterocycles. The lowest BCUT2D eigenvalue weighted by atomic mass is 10.1. The highest BCUT2D eigenvalue weighted by atomic mass is 19.1. The van der Waals surface area contributed by atoms with Gasteiger partial charge in [0.1, 0.15) is 5.82 Å². The number of rotatable bonds is 5. The van der Waals surface area contributed by atoms with E-state index in [2.05, 4.69) is 5.32 Å². The van der Waals surface area contributed by atoms with Gasteiger partial charge in [0.25, 0.3) is 0 Å². The number of aryl methyl sites for hydroxylation is 1. The third-order valence-corrected chi connectivity index (χ3v) is 4.04. The van der Waals surface area contributed by atoms with Crippen molar-refractivity contribution in [3.8, 4) is 17.2 Å². The van der Waals surface area contributed by atoms with Crippen LogP contribution in [0.1, 0.15) is 12.0 Å². The lowest BCUT2D eigenvalue weighted by Gasteiger charge is -2.16. The molecular formula is C19H20FNO4. The van der Waals surface area contributed by atoms with Gasteiger partial charge in [-0.15, -0.1) is 0 Å². The van der Waals surface area contributed by atoms with Gasteiger partial charge in [-0.05, 0) is 43.2 Å². The molecule has 5 nitrogen and oxygen atoms in total. The first-order chi connectivity index (χ1) is 12.1. The molecule has 0 radical (unpaired) electrons. The molecule has 1 amide bonds. The molecule has 0 bridgehead atoms. The van der Waals surface area contributed by atoms with E-state index < -0.39 is 5.82 Å². The molecule has 25 heavy (non-hydrogen) atoms. The Hall–Kier alpha value is -2.60. The van der Waals surface area contributed by atoms with E-state index in [4.69, 9.17) is 14.2 Å². The quantitative estimate of drug-likeness (QED) is 0.893. The number of amides is 1. The van der Waals surface area contributed by atoms with Crippen molar-refractivity contribution >= 4 is 11.6 Å². The molecule has 0 saturated carbocycles. The van der Waals surface area contributed by atoms with Crippen molar-refractivity contribution in [2.45, 2.75) is 13.3 Å². The number of nitrogens with one attached hydrogen (secondary N) is 1. The number of methoxy groups -OCH3 is 1. The van der Waals surface area contributed by atoms with Crippen LogP contribution in [0.25, 0.3) is 0 Å². The summed E-state index contributed by atoms with van der Waals surface area (Å²) < 4.78 is 30.1. The molecule has 2 aromatic carbocycles. The minimum atomic E-state index is -0.457. The second kappa shape index (κ2) is 7.53. The van der Waals surface area contributed by atoms with E-state index in [0.29, 0.717) is 36.9 Å². The Kier molecular flexibility index (Phi) is 5.19. The van der Waals surface area contributed by atoms with Gasteiger partial charge in [0.05, 0.1) is 25.3 Å². The number of hydrogen-bond acceptors (Lipinski definition) is 4. The minimum Gasteiger partial charge on any atom is -0.493 e. The Morgan fingerprint density at radius 3 is 2.72 bits per heavy atom. The predicted octanol–water partition coefficient (Wildman–Crippen LogP) is 3.91. The van der Waals surface area contributed by atoms with Crippen LogP contribution < -0.4 is 14.8 Å². The fraction of sp³-hybridized carbons (Fsp3) is 0.316. The number of carbonyl (C=O) groups excluding carboxylic acids is 1. The van der Waals surface area contributed by atoms with Crippen LogP contribution in [0.15, 0.2) is 36.4 Å². The van der Waals surface area contributed by atoms with Gasteiger partial charge >= 0.3 is 0 Å². The van der Waals surface area contributed by atoms with Crippen LogP contribution in [-0.4, -0.2) is 26.2 Å². The largest absolute Gasteiger partial charge is 0.493 e. The normalized spacial score (nSPS) is 16.5. The minimum absolute atomic E-state index is 0.205. The molecular weight excluding hydrogens is 325 g/mol. The summed E-state index contributed by atoms with van der Waals surface area (Å²) in [6, 6.07) is 9.50. The summed E-state index contributed by atoms with van der Waals surface area (Å²) in [5.41, 5.74) is 1.30. The standard InChI is InChI=1S/C19H20FNO4/c1-12-3-5-17(18(9-12)23-2)25-16-6-4-14(20)10-15(16)21-19(22)13-7-8-24-11-13/h3-6,9-10,13H,7-8,11H2,1-2H3,(H,21,22). The molecule has 1 saturated heterocycles. The van der Waals surface area contributed by atoms with Gasteiger partial charge in [0, 0.05) is 12.7 Å². The smallest absolute Gasteiger partial charge is 0.230 e. The number of halogens is 1. The zero-order valence-electron chi connectivity index (χ0n) is 14.2. The van der Waals surface area contributed by atoms with Crippen molar-refractivity contribution in [3.05, 3.63) is 47.8 Å². The fourth-order valence-electron chi connectivity index (χ4n) is 2.64. The molecule has 3 rings (SSSR count). The zero-order valence-corrected chi connectivity index (χ0v) is 14.2. The van der Waals surface area contributed by atoms with Crippen molar-refractivity contribution in [2.75, 3.05) is 25.6 Å². The highest BCUT2D eigenvalue weighted by Gasteiger charge is 2.24. The monoisotopic (exact) mass is 345 g/mol. The van der Waals surface area contributed by atoms with E-state index in [-0.39, 0.29) is 17.5 Å². The van der Waals surface area contributed by atoms with E-state index in [0.717, 1.165) is 5.56 Å². The van der Waals surface area contributed by atoms with Crippen molar-refractivity contribution in [1.82, 2.24) is 0 Å². The van der Waals surface area contributed by atoms with Crippen molar-refractivity contribution in [3.63, 3.8) is 0 Å². The van der Waals surface area contributed by atoms with Gasteiger partial charge in [0.15, 0.2) is 17.2 Å². The van der Waals surface area contributed by atoms with Crippen molar-refractivity contribution in [1.29, 1.82) is 0 Å². The molecule has 0 spiro atoms. The van der Waals surface area contributed by atoms with E-state index >= 15 is 0 Å². The molecule has 0 aliphatic carbocycles. The molecule has 2 aromatic rings. The maximum Gasteiger partial charge on any atom is 0.230 e. The van der Waals surface area contributed by atoms with E-state index in [1.165, 1.54) is 18.2 Å². The first-order valence-electron chi connectivity index (χ1n) is 8.07. The number of hydrogen-bond donors (Lipinski definition) is 1. The van der Waals surface area contributed by atoms with Gasteiger partial charge in [0.2, 0.25) is 5.91 Å². The second-order valence-corrected chi connectivity index (χ2v) is 5.95. The summed E-state index contributed by atoms with van der Waals surface area (Å²) in [4.78, 5) is 12.3. The van der Waals surface area contributed by atoms with Crippen LogP contribution >= 0.6 is 0 Å². The first kappa shape index (κ1) is 17.2. The van der Waals surface area contributed by atoms with E-state index in [1.807, 2.05) is 19.1 Å². The van der Waals surface area contributed by atoms with Gasteiger partial charge in [-0.3, -0.25) is 4.79 Å². The van der Waals surface area contributed by atoms with Crippen LogP contribution in [0.5, 0.6) is 17.2 Å². The molecule has 1 atom stereocenters. The Labute approximate surface area is 145 Å². The maximum atomic E-state index is 13.7. The number of carbonyl (C=O) groups is 1. The molecule has 1 fully saturated rings. The molecule has 1 N–H and O–H groups in total. The lowest BCUT2D eigenvalue weighted by molar-refractivity contribution is -0.119. The van der Waals surface area contributed by atoms with Gasteiger partial charge in [-0.25, -0.2) is 4.39 Å². The summed E-state index contributed by atoms with van der Waals surface area (Å²) in [5.74, 6) is 0.496. The van der Waals surface area contributed by atoms with Gasteiger partial charge in [-0.2, -0.15) is 0 Å². The highest BCUT2D eigenvalue weighted by Crippen LogP contribution is 2.36. The Morgan fingerprint density at radius 1 is 1.20 bits per heavy atom. The summed E-state index contributed by atoms with van der Waals surface area (Å²) in [6.45, 7) is 2.88. The van der Waals surface area contributed by atoms with Crippen LogP contribution in [-0.2, 0) is 9.53 Å². The fourth-order valence-corrected chi connectivity index (χ4v) is 2.64. The Morgan fingerprint density at radius 2 is 2.00 bits per heavy atom. The molecule has 1 aliphatic rings. The summed E-state index contributed by atoms with van der Waals surface area (Å²) in [5, 5.41) is 2.74. The third kappa shape index (κ3) is 4.09. The maximum absolute atomic E-state index is 13.7. The molecule has 1 unspecified atom stereocenters. The van der Waals surface area contributed by atoms with Crippen LogP contribution in [0, 0.1) is 18.7 Å². The third-order valence-electron chi connectivity index (χ3n) is 4.04. The predicted molar refractivity (Wildman–Crippen MR) is 91.8 cm³/mol. The molecule has 0 aromatic heterocycles. The van der Waals surface area contributed by atoms with E-state index in [1.54, 1.807) is 13.2 Å². The molecule has 1 heterocycles. The molecule has 6 heteroatoms. The van der Waals surface area contributed by atoms with Crippen LogP contribution in [0.4, 0.5) is 10.1 Å². The highest BCUT2D eigenvalue weighted by molar-refractivity contribution is 5.94. The van der Waals surface area contributed by atoms with Crippen LogP contribution in [0.3, 0.4) is 0 Å². The average molecular weight is 345 g/mol. The molecule has 132 valence electrons. The van der Waals surface area contributed by atoms with Crippen molar-refractivity contribution < 1.29 is 23.4 Å². The number of benzene rings is 2. The van der Waals surface area contributed by atoms with Crippen molar-refractivity contribution in [2.24, 2.45) is 5.92 Å².